The largest absolute Gasteiger partial charge is 0.508 e. The van der Waals surface area contributed by atoms with Gasteiger partial charge >= 0.3 is 0 Å². The number of aromatic amines is 1. The van der Waals surface area contributed by atoms with Crippen LogP contribution >= 0.6 is 0 Å². The lowest BCUT2D eigenvalue weighted by Gasteiger charge is -2.40. The second-order valence-corrected chi connectivity index (χ2v) is 10.6. The van der Waals surface area contributed by atoms with E-state index in [1.165, 1.54) is 6.42 Å². The molecule has 0 radical (unpaired) electrons. The van der Waals surface area contributed by atoms with Crippen LogP contribution in [0.5, 0.6) is 17.2 Å². The second kappa shape index (κ2) is 9.88. The summed E-state index contributed by atoms with van der Waals surface area (Å²) in [6, 6.07) is 12.8. The van der Waals surface area contributed by atoms with E-state index >= 15 is 0 Å². The van der Waals surface area contributed by atoms with Crippen molar-refractivity contribution in [3.8, 4) is 17.2 Å². The zero-order chi connectivity index (χ0) is 26.3. The van der Waals surface area contributed by atoms with E-state index in [1.54, 1.807) is 12.1 Å². The van der Waals surface area contributed by atoms with Gasteiger partial charge in [0, 0.05) is 48.9 Å². The minimum absolute atomic E-state index is 0.162. The van der Waals surface area contributed by atoms with Gasteiger partial charge in [0.15, 0.2) is 17.3 Å². The minimum atomic E-state index is -0.400. The Balaban J connectivity index is 1.27. The molecule has 11 heteroatoms. The van der Waals surface area contributed by atoms with Gasteiger partial charge in [-0.3, -0.25) is 9.69 Å². The molecule has 4 heterocycles. The van der Waals surface area contributed by atoms with Crippen molar-refractivity contribution in [1.82, 2.24) is 30.1 Å². The third-order valence-electron chi connectivity index (χ3n) is 8.24. The lowest BCUT2D eigenvalue weighted by atomic mass is 9.95. The fourth-order valence-electron chi connectivity index (χ4n) is 6.18. The molecular formula is C28H31N7O4. The number of ether oxygens (including phenoxy) is 2. The molecule has 2 N–H and O–H groups in total. The molecule has 1 atom stereocenters. The number of H-pyrrole nitrogens is 1. The van der Waals surface area contributed by atoms with Gasteiger partial charge in [-0.2, -0.15) is 0 Å². The third-order valence-corrected chi connectivity index (χ3v) is 8.24. The smallest absolute Gasteiger partial charge is 0.253 e. The number of phenolic OH excluding ortho intramolecular Hbond substituents is 1. The third kappa shape index (κ3) is 4.46. The quantitative estimate of drug-likeness (QED) is 0.401. The highest BCUT2D eigenvalue weighted by molar-refractivity contribution is 5.83. The van der Waals surface area contributed by atoms with Crippen molar-refractivity contribution in [3.63, 3.8) is 0 Å². The molecule has 1 saturated heterocycles. The molecule has 2 aromatic heterocycles. The monoisotopic (exact) mass is 529 g/mol. The molecule has 2 aliphatic heterocycles. The van der Waals surface area contributed by atoms with E-state index in [9.17, 15) is 9.90 Å². The van der Waals surface area contributed by atoms with Gasteiger partial charge in [0.05, 0.1) is 11.6 Å². The van der Waals surface area contributed by atoms with Crippen molar-refractivity contribution in [3.05, 3.63) is 64.2 Å². The predicted octanol–water partition coefficient (Wildman–Crippen LogP) is 3.37. The zero-order valence-electron chi connectivity index (χ0n) is 21.6. The molecule has 2 aromatic carbocycles. The van der Waals surface area contributed by atoms with Crippen molar-refractivity contribution in [1.29, 1.82) is 0 Å². The molecule has 3 aliphatic rings. The van der Waals surface area contributed by atoms with Crippen LogP contribution < -0.4 is 19.9 Å². The fourth-order valence-corrected chi connectivity index (χ4v) is 6.18. The summed E-state index contributed by atoms with van der Waals surface area (Å²) in [4.78, 5) is 21.3. The normalized spacial score (nSPS) is 19.0. The Hall–Kier alpha value is -4.12. The lowest BCUT2D eigenvalue weighted by molar-refractivity contribution is 0.174. The molecule has 4 aromatic rings. The molecule has 202 valence electrons. The molecular weight excluding hydrogens is 498 g/mol. The maximum atomic E-state index is 13.7. The number of rotatable bonds is 5. The first-order chi connectivity index (χ1) is 19.1. The van der Waals surface area contributed by atoms with Crippen molar-refractivity contribution >= 4 is 16.6 Å². The molecule has 7 rings (SSSR count). The first-order valence-electron chi connectivity index (χ1n) is 13.7. The number of fused-ring (bicyclic) bond motifs is 2. The predicted molar refractivity (Wildman–Crippen MR) is 144 cm³/mol. The van der Waals surface area contributed by atoms with Crippen LogP contribution in [0.25, 0.3) is 10.9 Å². The standard InChI is InChI=1S/C28H31N7O4/c36-21-8-6-19(7-9-21)33-10-12-34(13-11-33)26(27-30-31-32-35(27)20-4-2-1-3-5-20)22-14-18-15-24-25(39-17-38-24)16-23(18)29-28(22)37/h6-9,14-16,20,26,36H,1-5,10-13,17H2,(H,29,37). The van der Waals surface area contributed by atoms with Crippen LogP contribution in [-0.4, -0.2) is 68.2 Å². The van der Waals surface area contributed by atoms with Crippen molar-refractivity contribution in [2.45, 2.75) is 44.2 Å². The van der Waals surface area contributed by atoms with Gasteiger partial charge in [0.1, 0.15) is 11.8 Å². The van der Waals surface area contributed by atoms with Crippen molar-refractivity contribution < 1.29 is 14.6 Å². The molecule has 1 saturated carbocycles. The number of aromatic hydroxyl groups is 1. The van der Waals surface area contributed by atoms with Crippen LogP contribution in [0.1, 0.15) is 55.6 Å². The van der Waals surface area contributed by atoms with Gasteiger partial charge < -0.3 is 24.5 Å². The molecule has 1 aliphatic carbocycles. The maximum absolute atomic E-state index is 13.7. The van der Waals surface area contributed by atoms with E-state index in [-0.39, 0.29) is 24.1 Å². The number of hydrogen-bond donors (Lipinski definition) is 2. The molecule has 2 fully saturated rings. The molecule has 11 nitrogen and oxygen atoms in total. The van der Waals surface area contributed by atoms with Crippen LogP contribution in [0.3, 0.4) is 0 Å². The van der Waals surface area contributed by atoms with Gasteiger partial charge in [-0.25, -0.2) is 4.68 Å². The zero-order valence-corrected chi connectivity index (χ0v) is 21.6. The van der Waals surface area contributed by atoms with Gasteiger partial charge in [-0.15, -0.1) is 5.10 Å². The molecule has 39 heavy (non-hydrogen) atoms. The van der Waals surface area contributed by atoms with E-state index in [2.05, 4.69) is 30.3 Å². The summed E-state index contributed by atoms with van der Waals surface area (Å²) in [7, 11) is 0. The van der Waals surface area contributed by atoms with Crippen LogP contribution in [0.4, 0.5) is 5.69 Å². The highest BCUT2D eigenvalue weighted by atomic mass is 16.7. The average molecular weight is 530 g/mol. The number of benzene rings is 2. The van der Waals surface area contributed by atoms with Crippen LogP contribution in [0.2, 0.25) is 0 Å². The molecule has 1 unspecified atom stereocenters. The summed E-state index contributed by atoms with van der Waals surface area (Å²) in [5, 5.41) is 23.6. The first kappa shape index (κ1) is 24.0. The Kier molecular flexibility index (Phi) is 6.07. The fraction of sp³-hybridized carbons (Fsp3) is 0.429. The number of nitrogens with one attached hydrogen (secondary N) is 1. The Morgan fingerprint density at radius 3 is 2.46 bits per heavy atom. The number of tetrazole rings is 1. The first-order valence-corrected chi connectivity index (χ1v) is 13.7. The van der Waals surface area contributed by atoms with Crippen LogP contribution in [-0.2, 0) is 0 Å². The Labute approximate surface area is 224 Å². The molecule has 0 bridgehead atoms. The number of aromatic nitrogens is 5. The topological polar surface area (TPSA) is 122 Å². The SMILES string of the molecule is O=c1[nH]c2cc3c(cc2cc1C(c1nnnn1C1CCCCC1)N1CCN(c2ccc(O)cc2)CC1)OCO3. The highest BCUT2D eigenvalue weighted by Gasteiger charge is 2.34. The van der Waals surface area contributed by atoms with E-state index in [0.29, 0.717) is 28.4 Å². The van der Waals surface area contributed by atoms with Crippen molar-refractivity contribution in [2.75, 3.05) is 37.9 Å². The number of nitrogens with zero attached hydrogens (tertiary/aromatic N) is 6. The van der Waals surface area contributed by atoms with Gasteiger partial charge in [-0.1, -0.05) is 19.3 Å². The summed E-state index contributed by atoms with van der Waals surface area (Å²) in [5.41, 5.74) is 2.23. The van der Waals surface area contributed by atoms with E-state index in [1.807, 2.05) is 35.0 Å². The maximum Gasteiger partial charge on any atom is 0.253 e. The summed E-state index contributed by atoms with van der Waals surface area (Å²) in [6.07, 6.45) is 5.62. The average Bonchev–Trinajstić information content (AvgIpc) is 3.63. The highest BCUT2D eigenvalue weighted by Crippen LogP contribution is 2.37. The molecule has 0 spiro atoms. The van der Waals surface area contributed by atoms with Crippen molar-refractivity contribution in [2.24, 2.45) is 0 Å². The number of phenols is 1. The lowest BCUT2D eigenvalue weighted by Crippen LogP contribution is -2.49. The number of anilines is 1. The summed E-state index contributed by atoms with van der Waals surface area (Å²) in [5.74, 6) is 2.27. The van der Waals surface area contributed by atoms with Crippen LogP contribution in [0, 0.1) is 0 Å². The number of piperazine rings is 1. The Bertz CT molecular complexity index is 1540. The minimum Gasteiger partial charge on any atom is -0.508 e. The van der Waals surface area contributed by atoms with Gasteiger partial charge in [0.25, 0.3) is 5.56 Å². The summed E-state index contributed by atoms with van der Waals surface area (Å²) >= 11 is 0. The number of hydrogen-bond acceptors (Lipinski definition) is 9. The van der Waals surface area contributed by atoms with Gasteiger partial charge in [0.2, 0.25) is 6.79 Å². The Morgan fingerprint density at radius 2 is 1.69 bits per heavy atom. The molecule has 0 amide bonds. The van der Waals surface area contributed by atoms with E-state index < -0.39 is 6.04 Å². The van der Waals surface area contributed by atoms with Crippen LogP contribution in [0.15, 0.2) is 47.3 Å². The summed E-state index contributed by atoms with van der Waals surface area (Å²) < 4.78 is 13.1. The summed E-state index contributed by atoms with van der Waals surface area (Å²) in [6.45, 7) is 3.17. The number of pyridine rings is 1. The van der Waals surface area contributed by atoms with E-state index in [4.69, 9.17) is 9.47 Å². The van der Waals surface area contributed by atoms with E-state index in [0.717, 1.165) is 62.9 Å². The van der Waals surface area contributed by atoms with Gasteiger partial charge in [-0.05, 0) is 59.7 Å². The second-order valence-electron chi connectivity index (χ2n) is 10.6. The Morgan fingerprint density at radius 1 is 0.949 bits per heavy atom.